The molecule has 1 fully saturated rings. The van der Waals surface area contributed by atoms with Crippen LogP contribution in [-0.4, -0.2) is 19.6 Å². The van der Waals surface area contributed by atoms with E-state index in [-0.39, 0.29) is 11.7 Å². The van der Waals surface area contributed by atoms with Crippen LogP contribution in [0.1, 0.15) is 44.6 Å². The third-order valence-electron chi connectivity index (χ3n) is 4.27. The summed E-state index contributed by atoms with van der Waals surface area (Å²) in [5.41, 5.74) is 6.40. The lowest BCUT2D eigenvalue weighted by Crippen LogP contribution is -2.28. The molecule has 2 nitrogen and oxygen atoms in total. The van der Waals surface area contributed by atoms with Crippen LogP contribution in [0, 0.1) is 17.6 Å². The van der Waals surface area contributed by atoms with Crippen molar-refractivity contribution in [3.05, 3.63) is 29.3 Å². The van der Waals surface area contributed by atoms with Gasteiger partial charge in [-0.25, -0.2) is 8.78 Å². The van der Waals surface area contributed by atoms with Gasteiger partial charge < -0.3 is 10.6 Å². The molecule has 0 heterocycles. The molecule has 2 N–H and O–H groups in total. The first-order valence-corrected chi connectivity index (χ1v) is 7.92. The largest absolute Gasteiger partial charge is 0.370 e. The average Bonchev–Trinajstić information content (AvgIpc) is 2.38. The van der Waals surface area contributed by atoms with Crippen molar-refractivity contribution in [2.24, 2.45) is 11.7 Å². The highest BCUT2D eigenvalue weighted by atomic mass is 19.1. The number of hydrogen-bond donors (Lipinski definition) is 1. The molecule has 1 aliphatic carbocycles. The van der Waals surface area contributed by atoms with E-state index >= 15 is 0 Å². The predicted molar refractivity (Wildman–Crippen MR) is 83.6 cm³/mol. The van der Waals surface area contributed by atoms with E-state index in [0.717, 1.165) is 19.4 Å². The standard InChI is InChI=1S/C17H26F2N2/c1-12(20)8-14-9-15(18)17(16(19)10-14)21(2)11-13-6-4-3-5-7-13/h9-10,12-13H,3-8,11,20H2,1-2H3. The van der Waals surface area contributed by atoms with Gasteiger partial charge in [-0.1, -0.05) is 19.3 Å². The molecule has 0 bridgehead atoms. The molecule has 0 radical (unpaired) electrons. The summed E-state index contributed by atoms with van der Waals surface area (Å²) < 4.78 is 28.5. The summed E-state index contributed by atoms with van der Waals surface area (Å²) in [7, 11) is 1.78. The van der Waals surface area contributed by atoms with Crippen LogP contribution in [0.25, 0.3) is 0 Å². The number of nitrogens with zero attached hydrogens (tertiary/aromatic N) is 1. The van der Waals surface area contributed by atoms with Crippen LogP contribution in [0.2, 0.25) is 0 Å². The summed E-state index contributed by atoms with van der Waals surface area (Å²) in [5.74, 6) is -0.417. The molecule has 0 aromatic heterocycles. The van der Waals surface area contributed by atoms with Gasteiger partial charge in [-0.15, -0.1) is 0 Å². The minimum absolute atomic E-state index is 0.0917. The normalized spacial score (nSPS) is 17.8. The molecule has 1 aliphatic rings. The van der Waals surface area contributed by atoms with Crippen LogP contribution in [0.4, 0.5) is 14.5 Å². The zero-order chi connectivity index (χ0) is 15.4. The quantitative estimate of drug-likeness (QED) is 0.893. The first kappa shape index (κ1) is 16.2. The van der Waals surface area contributed by atoms with E-state index in [0.29, 0.717) is 17.9 Å². The minimum atomic E-state index is -0.482. The van der Waals surface area contributed by atoms with Crippen molar-refractivity contribution in [1.29, 1.82) is 0 Å². The van der Waals surface area contributed by atoms with Crippen molar-refractivity contribution in [2.45, 2.75) is 51.5 Å². The molecular weight excluding hydrogens is 270 g/mol. The highest BCUT2D eigenvalue weighted by Gasteiger charge is 2.20. The Hall–Kier alpha value is -1.16. The second kappa shape index (κ2) is 7.21. The van der Waals surface area contributed by atoms with Gasteiger partial charge in [0.2, 0.25) is 0 Å². The average molecular weight is 296 g/mol. The molecule has 118 valence electrons. The van der Waals surface area contributed by atoms with Gasteiger partial charge >= 0.3 is 0 Å². The van der Waals surface area contributed by atoms with Gasteiger partial charge in [0.25, 0.3) is 0 Å². The lowest BCUT2D eigenvalue weighted by molar-refractivity contribution is 0.360. The molecular formula is C17H26F2N2. The SMILES string of the molecule is CC(N)Cc1cc(F)c(N(C)CC2CCCCC2)c(F)c1. The number of benzene rings is 1. The van der Waals surface area contributed by atoms with E-state index in [1.165, 1.54) is 31.4 Å². The van der Waals surface area contributed by atoms with E-state index < -0.39 is 11.6 Å². The molecule has 0 amide bonds. The highest BCUT2D eigenvalue weighted by Crippen LogP contribution is 2.29. The van der Waals surface area contributed by atoms with Crippen molar-refractivity contribution in [1.82, 2.24) is 0 Å². The molecule has 0 aliphatic heterocycles. The van der Waals surface area contributed by atoms with Gasteiger partial charge in [0.1, 0.15) is 17.3 Å². The Bertz CT molecular complexity index is 445. The third-order valence-corrected chi connectivity index (χ3v) is 4.27. The predicted octanol–water partition coefficient (Wildman–Crippen LogP) is 3.87. The number of hydrogen-bond acceptors (Lipinski definition) is 2. The Balaban J connectivity index is 2.10. The van der Waals surface area contributed by atoms with Crippen LogP contribution in [-0.2, 0) is 6.42 Å². The fraction of sp³-hybridized carbons (Fsp3) is 0.647. The molecule has 0 spiro atoms. The Kier molecular flexibility index (Phi) is 5.57. The summed E-state index contributed by atoms with van der Waals surface area (Å²) >= 11 is 0. The number of halogens is 2. The van der Waals surface area contributed by atoms with Crippen LogP contribution in [0.5, 0.6) is 0 Å². The lowest BCUT2D eigenvalue weighted by atomic mass is 9.89. The van der Waals surface area contributed by atoms with Crippen molar-refractivity contribution in [3.8, 4) is 0 Å². The van der Waals surface area contributed by atoms with Gasteiger partial charge in [-0.05, 0) is 49.8 Å². The monoisotopic (exact) mass is 296 g/mol. The fourth-order valence-electron chi connectivity index (χ4n) is 3.32. The molecule has 0 saturated heterocycles. The minimum Gasteiger partial charge on any atom is -0.370 e. The van der Waals surface area contributed by atoms with Crippen molar-refractivity contribution in [3.63, 3.8) is 0 Å². The molecule has 1 aromatic rings. The molecule has 1 unspecified atom stereocenters. The fourth-order valence-corrected chi connectivity index (χ4v) is 3.32. The zero-order valence-electron chi connectivity index (χ0n) is 13.0. The Morgan fingerprint density at radius 1 is 1.19 bits per heavy atom. The van der Waals surface area contributed by atoms with E-state index in [4.69, 9.17) is 5.73 Å². The van der Waals surface area contributed by atoms with Gasteiger partial charge in [0, 0.05) is 19.6 Å². The topological polar surface area (TPSA) is 29.3 Å². The Labute approximate surface area is 126 Å². The molecule has 1 saturated carbocycles. The number of rotatable bonds is 5. The first-order chi connectivity index (χ1) is 9.97. The third kappa shape index (κ3) is 4.40. The summed E-state index contributed by atoms with van der Waals surface area (Å²) in [6.45, 7) is 2.55. The number of nitrogens with two attached hydrogens (primary N) is 1. The van der Waals surface area contributed by atoms with Gasteiger partial charge in [0.15, 0.2) is 0 Å². The van der Waals surface area contributed by atoms with Crippen molar-refractivity contribution < 1.29 is 8.78 Å². The van der Waals surface area contributed by atoms with Gasteiger partial charge in [-0.3, -0.25) is 0 Å². The molecule has 21 heavy (non-hydrogen) atoms. The van der Waals surface area contributed by atoms with E-state index in [1.54, 1.807) is 11.9 Å². The maximum atomic E-state index is 14.2. The van der Waals surface area contributed by atoms with Crippen LogP contribution in [0.15, 0.2) is 12.1 Å². The van der Waals surface area contributed by atoms with Crippen molar-refractivity contribution >= 4 is 5.69 Å². The van der Waals surface area contributed by atoms with Gasteiger partial charge in [0.05, 0.1) is 0 Å². The summed E-state index contributed by atoms with van der Waals surface area (Å²) in [5, 5.41) is 0. The van der Waals surface area contributed by atoms with Crippen LogP contribution in [0.3, 0.4) is 0 Å². The van der Waals surface area contributed by atoms with Crippen molar-refractivity contribution in [2.75, 3.05) is 18.5 Å². The molecule has 1 aromatic carbocycles. The molecule has 2 rings (SSSR count). The Morgan fingerprint density at radius 3 is 2.29 bits per heavy atom. The Morgan fingerprint density at radius 2 is 1.76 bits per heavy atom. The van der Waals surface area contributed by atoms with Gasteiger partial charge in [-0.2, -0.15) is 0 Å². The molecule has 4 heteroatoms. The maximum absolute atomic E-state index is 14.2. The second-order valence-electron chi connectivity index (χ2n) is 6.47. The molecule has 1 atom stereocenters. The summed E-state index contributed by atoms with van der Waals surface area (Å²) in [6, 6.07) is 2.73. The first-order valence-electron chi connectivity index (χ1n) is 7.92. The summed E-state index contributed by atoms with van der Waals surface area (Å²) in [6.07, 6.45) is 6.57. The zero-order valence-corrected chi connectivity index (χ0v) is 13.0. The van der Waals surface area contributed by atoms with E-state index in [9.17, 15) is 8.78 Å². The summed E-state index contributed by atoms with van der Waals surface area (Å²) in [4.78, 5) is 1.73. The second-order valence-corrected chi connectivity index (χ2v) is 6.47. The van der Waals surface area contributed by atoms with E-state index in [1.807, 2.05) is 6.92 Å². The van der Waals surface area contributed by atoms with Crippen LogP contribution >= 0.6 is 0 Å². The smallest absolute Gasteiger partial charge is 0.149 e. The maximum Gasteiger partial charge on any atom is 0.149 e. The van der Waals surface area contributed by atoms with Crippen LogP contribution < -0.4 is 10.6 Å². The lowest BCUT2D eigenvalue weighted by Gasteiger charge is -2.29. The van der Waals surface area contributed by atoms with E-state index in [2.05, 4.69) is 0 Å². The number of anilines is 1. The highest BCUT2D eigenvalue weighted by molar-refractivity contribution is 5.50.